The normalized spacial score (nSPS) is 10.3. The molecule has 0 aromatic heterocycles. The maximum absolute atomic E-state index is 5.50. The van der Waals surface area contributed by atoms with Crippen molar-refractivity contribution in [3.05, 3.63) is 59.2 Å². The zero-order valence-corrected chi connectivity index (χ0v) is 11.9. The lowest BCUT2D eigenvalue weighted by atomic mass is 10.1. The Bertz CT molecular complexity index is 528. The van der Waals surface area contributed by atoms with Crippen LogP contribution in [-0.4, -0.2) is 6.61 Å². The summed E-state index contributed by atoms with van der Waals surface area (Å²) in [4.78, 5) is 0. The summed E-state index contributed by atoms with van der Waals surface area (Å²) in [6.07, 6.45) is 0. The molecule has 0 aliphatic carbocycles. The summed E-state index contributed by atoms with van der Waals surface area (Å²) in [6.45, 7) is 7.78. The second-order valence-electron chi connectivity index (χ2n) is 4.81. The summed E-state index contributed by atoms with van der Waals surface area (Å²) in [6, 6.07) is 14.7. The van der Waals surface area contributed by atoms with Crippen LogP contribution in [-0.2, 0) is 6.54 Å². The summed E-state index contributed by atoms with van der Waals surface area (Å²) >= 11 is 0. The van der Waals surface area contributed by atoms with Crippen LogP contribution in [0, 0.1) is 13.8 Å². The van der Waals surface area contributed by atoms with E-state index in [1.54, 1.807) is 0 Å². The van der Waals surface area contributed by atoms with Gasteiger partial charge in [-0.15, -0.1) is 0 Å². The zero-order chi connectivity index (χ0) is 13.7. The second kappa shape index (κ2) is 6.28. The number of aryl methyl sites for hydroxylation is 2. The van der Waals surface area contributed by atoms with E-state index in [0.29, 0.717) is 6.61 Å². The number of nitrogens with one attached hydrogen (secondary N) is 1. The lowest BCUT2D eigenvalue weighted by Gasteiger charge is -2.10. The van der Waals surface area contributed by atoms with Gasteiger partial charge in [0.15, 0.2) is 0 Å². The van der Waals surface area contributed by atoms with Crippen LogP contribution in [0.25, 0.3) is 0 Å². The Morgan fingerprint density at radius 2 is 1.74 bits per heavy atom. The fraction of sp³-hybridized carbons (Fsp3) is 0.294. The Kier molecular flexibility index (Phi) is 4.45. The third-order valence-corrected chi connectivity index (χ3v) is 2.92. The van der Waals surface area contributed by atoms with Crippen molar-refractivity contribution in [3.63, 3.8) is 0 Å². The molecule has 0 unspecified atom stereocenters. The molecule has 0 aliphatic heterocycles. The molecule has 0 saturated carbocycles. The minimum atomic E-state index is 0.695. The van der Waals surface area contributed by atoms with Crippen molar-refractivity contribution in [2.24, 2.45) is 0 Å². The number of hydrogen-bond donors (Lipinski definition) is 1. The molecular formula is C17H21NO. The van der Waals surface area contributed by atoms with E-state index in [0.717, 1.165) is 18.0 Å². The van der Waals surface area contributed by atoms with Crippen molar-refractivity contribution in [1.82, 2.24) is 0 Å². The van der Waals surface area contributed by atoms with Crippen molar-refractivity contribution < 1.29 is 4.74 Å². The molecule has 100 valence electrons. The molecule has 0 aliphatic rings. The lowest BCUT2D eigenvalue weighted by Crippen LogP contribution is -2.00. The Hall–Kier alpha value is -1.96. The molecular weight excluding hydrogens is 234 g/mol. The standard InChI is InChI=1S/C17H21NO/c1-4-19-17-7-5-6-16(11-17)18-12-15-9-13(2)8-14(3)10-15/h5-11,18H,4,12H2,1-3H3. The van der Waals surface area contributed by atoms with Crippen LogP contribution in [0.2, 0.25) is 0 Å². The molecule has 19 heavy (non-hydrogen) atoms. The number of anilines is 1. The number of benzene rings is 2. The van der Waals surface area contributed by atoms with Crippen molar-refractivity contribution in [2.75, 3.05) is 11.9 Å². The van der Waals surface area contributed by atoms with Crippen LogP contribution >= 0.6 is 0 Å². The molecule has 0 atom stereocenters. The largest absolute Gasteiger partial charge is 0.494 e. The first kappa shape index (κ1) is 13.5. The van der Waals surface area contributed by atoms with Crippen LogP contribution in [0.5, 0.6) is 5.75 Å². The van der Waals surface area contributed by atoms with E-state index in [4.69, 9.17) is 4.74 Å². The van der Waals surface area contributed by atoms with Gasteiger partial charge >= 0.3 is 0 Å². The van der Waals surface area contributed by atoms with Crippen LogP contribution < -0.4 is 10.1 Å². The molecule has 0 saturated heterocycles. The monoisotopic (exact) mass is 255 g/mol. The van der Waals surface area contributed by atoms with Crippen molar-refractivity contribution in [2.45, 2.75) is 27.3 Å². The molecule has 0 heterocycles. The summed E-state index contributed by atoms with van der Waals surface area (Å²) < 4.78 is 5.50. The minimum Gasteiger partial charge on any atom is -0.494 e. The van der Waals surface area contributed by atoms with Crippen LogP contribution in [0.4, 0.5) is 5.69 Å². The Labute approximate surface area is 115 Å². The Balaban J connectivity index is 2.03. The van der Waals surface area contributed by atoms with E-state index in [-0.39, 0.29) is 0 Å². The lowest BCUT2D eigenvalue weighted by molar-refractivity contribution is 0.340. The average molecular weight is 255 g/mol. The van der Waals surface area contributed by atoms with E-state index in [1.807, 2.05) is 25.1 Å². The van der Waals surface area contributed by atoms with Crippen molar-refractivity contribution in [1.29, 1.82) is 0 Å². The van der Waals surface area contributed by atoms with Crippen molar-refractivity contribution >= 4 is 5.69 Å². The number of rotatable bonds is 5. The maximum Gasteiger partial charge on any atom is 0.121 e. The smallest absolute Gasteiger partial charge is 0.121 e. The summed E-state index contributed by atoms with van der Waals surface area (Å²) in [7, 11) is 0. The fourth-order valence-corrected chi connectivity index (χ4v) is 2.24. The van der Waals surface area contributed by atoms with E-state index >= 15 is 0 Å². The van der Waals surface area contributed by atoms with Gasteiger partial charge in [-0.1, -0.05) is 35.4 Å². The van der Waals surface area contributed by atoms with Crippen LogP contribution in [0.3, 0.4) is 0 Å². The first-order valence-electron chi connectivity index (χ1n) is 6.71. The molecule has 0 spiro atoms. The number of hydrogen-bond acceptors (Lipinski definition) is 2. The Morgan fingerprint density at radius 3 is 2.42 bits per heavy atom. The van der Waals surface area contributed by atoms with Gasteiger partial charge in [0.1, 0.15) is 5.75 Å². The fourth-order valence-electron chi connectivity index (χ4n) is 2.24. The van der Waals surface area contributed by atoms with Gasteiger partial charge in [-0.25, -0.2) is 0 Å². The predicted octanol–water partition coefficient (Wildman–Crippen LogP) is 4.31. The van der Waals surface area contributed by atoms with Crippen LogP contribution in [0.1, 0.15) is 23.6 Å². The Morgan fingerprint density at radius 1 is 1.00 bits per heavy atom. The molecule has 2 aromatic rings. The average Bonchev–Trinajstić information content (AvgIpc) is 2.36. The first-order chi connectivity index (χ1) is 9.17. The SMILES string of the molecule is CCOc1cccc(NCc2cc(C)cc(C)c2)c1. The second-order valence-corrected chi connectivity index (χ2v) is 4.81. The van der Waals surface area contributed by atoms with Gasteiger partial charge in [0.25, 0.3) is 0 Å². The quantitative estimate of drug-likeness (QED) is 0.859. The summed E-state index contributed by atoms with van der Waals surface area (Å²) in [5.74, 6) is 0.910. The molecule has 0 bridgehead atoms. The third kappa shape index (κ3) is 4.02. The van der Waals surface area contributed by atoms with Crippen molar-refractivity contribution in [3.8, 4) is 5.75 Å². The van der Waals surface area contributed by atoms with Gasteiger partial charge < -0.3 is 10.1 Å². The predicted molar refractivity (Wildman–Crippen MR) is 80.9 cm³/mol. The van der Waals surface area contributed by atoms with E-state index < -0.39 is 0 Å². The summed E-state index contributed by atoms with van der Waals surface area (Å²) in [5.41, 5.74) is 5.00. The molecule has 0 radical (unpaired) electrons. The summed E-state index contributed by atoms with van der Waals surface area (Å²) in [5, 5.41) is 3.43. The minimum absolute atomic E-state index is 0.695. The van der Waals surface area contributed by atoms with E-state index in [2.05, 4.69) is 43.4 Å². The molecule has 2 nitrogen and oxygen atoms in total. The topological polar surface area (TPSA) is 21.3 Å². The highest BCUT2D eigenvalue weighted by Gasteiger charge is 1.98. The highest BCUT2D eigenvalue weighted by atomic mass is 16.5. The molecule has 1 N–H and O–H groups in total. The number of ether oxygens (including phenoxy) is 1. The van der Waals surface area contributed by atoms with Gasteiger partial charge in [0.05, 0.1) is 6.61 Å². The van der Waals surface area contributed by atoms with Gasteiger partial charge in [-0.2, -0.15) is 0 Å². The maximum atomic E-state index is 5.50. The zero-order valence-electron chi connectivity index (χ0n) is 11.9. The van der Waals surface area contributed by atoms with Gasteiger partial charge in [-0.3, -0.25) is 0 Å². The van der Waals surface area contributed by atoms with E-state index in [1.165, 1.54) is 16.7 Å². The van der Waals surface area contributed by atoms with E-state index in [9.17, 15) is 0 Å². The molecule has 0 amide bonds. The molecule has 2 rings (SSSR count). The molecule has 2 heteroatoms. The first-order valence-corrected chi connectivity index (χ1v) is 6.71. The highest BCUT2D eigenvalue weighted by Crippen LogP contribution is 2.18. The van der Waals surface area contributed by atoms with Crippen LogP contribution in [0.15, 0.2) is 42.5 Å². The molecule has 0 fully saturated rings. The highest BCUT2D eigenvalue weighted by molar-refractivity contribution is 5.48. The third-order valence-electron chi connectivity index (χ3n) is 2.92. The van der Waals surface area contributed by atoms with Gasteiger partial charge in [0, 0.05) is 18.3 Å². The molecule has 2 aromatic carbocycles. The van der Waals surface area contributed by atoms with Gasteiger partial charge in [-0.05, 0) is 38.5 Å². The van der Waals surface area contributed by atoms with Gasteiger partial charge in [0.2, 0.25) is 0 Å².